The van der Waals surface area contributed by atoms with Crippen LogP contribution in [-0.2, 0) is 0 Å². The molecule has 1 aliphatic carbocycles. The second-order valence-corrected chi connectivity index (χ2v) is 6.97. The van der Waals surface area contributed by atoms with Crippen molar-refractivity contribution in [2.75, 3.05) is 5.75 Å². The van der Waals surface area contributed by atoms with Gasteiger partial charge in [-0.2, -0.15) is 0 Å². The summed E-state index contributed by atoms with van der Waals surface area (Å²) >= 11 is 8.95. The molecule has 1 aliphatic rings. The third kappa shape index (κ3) is 5.57. The van der Waals surface area contributed by atoms with Gasteiger partial charge in [-0.05, 0) is 54.5 Å². The number of rotatable bonds is 4. The quantitative estimate of drug-likeness (QED) is 0.776. The largest absolute Gasteiger partial charge is 0.477 e. The van der Waals surface area contributed by atoms with Crippen LogP contribution < -0.4 is 0 Å². The Morgan fingerprint density at radius 2 is 2.00 bits per heavy atom. The Morgan fingerprint density at radius 3 is 2.45 bits per heavy atom. The third-order valence-electron chi connectivity index (χ3n) is 2.73. The van der Waals surface area contributed by atoms with E-state index in [1.807, 2.05) is 23.9 Å². The van der Waals surface area contributed by atoms with Crippen LogP contribution in [0, 0.1) is 5.92 Å². The van der Waals surface area contributed by atoms with E-state index in [0.29, 0.717) is 4.88 Å². The van der Waals surface area contributed by atoms with Gasteiger partial charge in [0.1, 0.15) is 4.88 Å². The molecule has 0 amide bonds. The minimum absolute atomic E-state index is 0.394. The van der Waals surface area contributed by atoms with Gasteiger partial charge in [0, 0.05) is 15.7 Å². The molecule has 0 aliphatic heterocycles. The maximum atomic E-state index is 10.1. The van der Waals surface area contributed by atoms with Gasteiger partial charge >= 0.3 is 5.97 Å². The molecule has 0 unspecified atom stereocenters. The number of thioether (sulfide) groups is 1. The van der Waals surface area contributed by atoms with Gasteiger partial charge in [0.25, 0.3) is 0 Å². The Labute approximate surface area is 131 Å². The molecule has 2 nitrogen and oxygen atoms in total. The number of carboxylic acid groups (broad SMARTS) is 1. The average molecular weight is 327 g/mol. The molecular formula is C15H15ClO2S2. The SMILES string of the molecule is Clc1ccc(SCC2CC2)cc1.O=C(O)c1cccs1. The lowest BCUT2D eigenvalue weighted by Crippen LogP contribution is -1.89. The first kappa shape index (κ1) is 15.4. The van der Waals surface area contributed by atoms with Crippen LogP contribution in [0.2, 0.25) is 5.02 Å². The fraction of sp³-hybridized carbons (Fsp3) is 0.267. The second-order valence-electron chi connectivity index (χ2n) is 4.49. The minimum Gasteiger partial charge on any atom is -0.477 e. The van der Waals surface area contributed by atoms with Crippen LogP contribution in [0.25, 0.3) is 0 Å². The molecule has 0 spiro atoms. The van der Waals surface area contributed by atoms with Crippen LogP contribution >= 0.6 is 34.7 Å². The third-order valence-corrected chi connectivity index (χ3v) is 5.08. The van der Waals surface area contributed by atoms with Crippen LogP contribution in [0.4, 0.5) is 0 Å². The average Bonchev–Trinajstić information content (AvgIpc) is 3.10. The summed E-state index contributed by atoms with van der Waals surface area (Å²) < 4.78 is 0. The molecule has 0 bridgehead atoms. The summed E-state index contributed by atoms with van der Waals surface area (Å²) in [5.41, 5.74) is 0. The molecule has 20 heavy (non-hydrogen) atoms. The lowest BCUT2D eigenvalue weighted by molar-refractivity contribution is 0.0702. The Kier molecular flexibility index (Phi) is 5.95. The molecule has 1 N–H and O–H groups in total. The van der Waals surface area contributed by atoms with E-state index in [1.165, 1.54) is 34.8 Å². The lowest BCUT2D eigenvalue weighted by atomic mass is 10.4. The van der Waals surface area contributed by atoms with Crippen LogP contribution in [0.1, 0.15) is 22.5 Å². The normalized spacial score (nSPS) is 13.4. The summed E-state index contributed by atoms with van der Waals surface area (Å²) in [4.78, 5) is 11.8. The number of carboxylic acids is 1. The summed E-state index contributed by atoms with van der Waals surface area (Å²) in [5.74, 6) is 1.42. The molecule has 1 heterocycles. The van der Waals surface area contributed by atoms with Crippen molar-refractivity contribution >= 4 is 40.7 Å². The first-order valence-corrected chi connectivity index (χ1v) is 8.54. The van der Waals surface area contributed by atoms with Gasteiger partial charge in [0.15, 0.2) is 0 Å². The number of hydrogen-bond donors (Lipinski definition) is 1. The van der Waals surface area contributed by atoms with Gasteiger partial charge < -0.3 is 5.11 Å². The van der Waals surface area contributed by atoms with Crippen molar-refractivity contribution in [1.29, 1.82) is 0 Å². The molecule has 1 aromatic heterocycles. The summed E-state index contributed by atoms with van der Waals surface area (Å²) in [7, 11) is 0. The standard InChI is InChI=1S/C10H11ClS.C5H4O2S/c11-9-3-5-10(6-4-9)12-7-8-1-2-8;6-5(7)4-2-1-3-8-4/h3-6,8H,1-2,7H2;1-3H,(H,6,7). The lowest BCUT2D eigenvalue weighted by Gasteiger charge is -1.98. The van der Waals surface area contributed by atoms with Crippen LogP contribution in [0.5, 0.6) is 0 Å². The Morgan fingerprint density at radius 1 is 1.30 bits per heavy atom. The first-order chi connectivity index (χ1) is 9.65. The van der Waals surface area contributed by atoms with E-state index in [2.05, 4.69) is 12.1 Å². The van der Waals surface area contributed by atoms with Gasteiger partial charge in [-0.3, -0.25) is 0 Å². The van der Waals surface area contributed by atoms with Crippen molar-refractivity contribution in [2.24, 2.45) is 5.92 Å². The highest BCUT2D eigenvalue weighted by atomic mass is 35.5. The molecule has 0 saturated heterocycles. The van der Waals surface area contributed by atoms with E-state index < -0.39 is 5.97 Å². The van der Waals surface area contributed by atoms with Gasteiger partial charge in [-0.15, -0.1) is 23.1 Å². The highest BCUT2D eigenvalue weighted by Crippen LogP contribution is 2.35. The highest BCUT2D eigenvalue weighted by Gasteiger charge is 2.20. The summed E-state index contributed by atoms with van der Waals surface area (Å²) in [6.07, 6.45) is 2.86. The molecule has 1 aromatic carbocycles. The predicted octanol–water partition coefficient (Wildman–Crippen LogP) is 5.29. The van der Waals surface area contributed by atoms with Crippen molar-refractivity contribution < 1.29 is 9.90 Å². The number of carbonyl (C=O) groups is 1. The molecule has 1 fully saturated rings. The molecule has 1 saturated carbocycles. The zero-order chi connectivity index (χ0) is 14.4. The predicted molar refractivity (Wildman–Crippen MR) is 86.2 cm³/mol. The van der Waals surface area contributed by atoms with Crippen LogP contribution in [-0.4, -0.2) is 16.8 Å². The van der Waals surface area contributed by atoms with E-state index >= 15 is 0 Å². The highest BCUT2D eigenvalue weighted by molar-refractivity contribution is 7.99. The molecule has 106 valence electrons. The first-order valence-electron chi connectivity index (χ1n) is 6.30. The minimum atomic E-state index is -0.847. The van der Waals surface area contributed by atoms with Gasteiger partial charge in [-0.25, -0.2) is 4.79 Å². The van der Waals surface area contributed by atoms with E-state index in [0.717, 1.165) is 10.9 Å². The zero-order valence-corrected chi connectivity index (χ0v) is 13.2. The molecule has 3 rings (SSSR count). The number of aromatic carboxylic acids is 1. The maximum absolute atomic E-state index is 10.1. The van der Waals surface area contributed by atoms with E-state index in [9.17, 15) is 4.79 Å². The zero-order valence-electron chi connectivity index (χ0n) is 10.8. The molecule has 0 atom stereocenters. The summed E-state index contributed by atoms with van der Waals surface area (Å²) in [6.45, 7) is 0. The number of benzene rings is 1. The Bertz CT molecular complexity index is 534. The topological polar surface area (TPSA) is 37.3 Å². The van der Waals surface area contributed by atoms with Crippen molar-refractivity contribution in [3.63, 3.8) is 0 Å². The summed E-state index contributed by atoms with van der Waals surface area (Å²) in [6, 6.07) is 11.4. The van der Waals surface area contributed by atoms with Gasteiger partial charge in [-0.1, -0.05) is 17.7 Å². The van der Waals surface area contributed by atoms with Crippen LogP contribution in [0.15, 0.2) is 46.7 Å². The van der Waals surface area contributed by atoms with E-state index in [4.69, 9.17) is 16.7 Å². The number of thiophene rings is 1. The smallest absolute Gasteiger partial charge is 0.345 e. The van der Waals surface area contributed by atoms with Crippen molar-refractivity contribution in [3.8, 4) is 0 Å². The van der Waals surface area contributed by atoms with Gasteiger partial charge in [0.2, 0.25) is 0 Å². The van der Waals surface area contributed by atoms with Crippen molar-refractivity contribution in [1.82, 2.24) is 0 Å². The maximum Gasteiger partial charge on any atom is 0.345 e. The Hall–Kier alpha value is -0.970. The van der Waals surface area contributed by atoms with Crippen molar-refractivity contribution in [3.05, 3.63) is 51.7 Å². The fourth-order valence-corrected chi connectivity index (χ4v) is 3.21. The van der Waals surface area contributed by atoms with E-state index in [-0.39, 0.29) is 0 Å². The molecule has 0 radical (unpaired) electrons. The number of hydrogen-bond acceptors (Lipinski definition) is 3. The fourth-order valence-electron chi connectivity index (χ4n) is 1.43. The molecule has 2 aromatic rings. The second kappa shape index (κ2) is 7.72. The Balaban J connectivity index is 0.000000160. The molecular weight excluding hydrogens is 312 g/mol. The monoisotopic (exact) mass is 326 g/mol. The molecule has 5 heteroatoms. The summed E-state index contributed by atoms with van der Waals surface area (Å²) in [5, 5.41) is 10.8. The van der Waals surface area contributed by atoms with Crippen molar-refractivity contribution in [2.45, 2.75) is 17.7 Å². The van der Waals surface area contributed by atoms with E-state index in [1.54, 1.807) is 17.5 Å². The van der Waals surface area contributed by atoms with Crippen LogP contribution in [0.3, 0.4) is 0 Å². The number of halogens is 1. The van der Waals surface area contributed by atoms with Gasteiger partial charge in [0.05, 0.1) is 0 Å².